The minimum Gasteiger partial charge on any atom is -0.477 e. The van der Waals surface area contributed by atoms with Crippen LogP contribution in [0.2, 0.25) is 0 Å². The summed E-state index contributed by atoms with van der Waals surface area (Å²) >= 11 is 0. The number of carboxylic acids is 1. The summed E-state index contributed by atoms with van der Waals surface area (Å²) in [5.74, 6) is -4.52. The third-order valence-electron chi connectivity index (χ3n) is 10.5. The van der Waals surface area contributed by atoms with Gasteiger partial charge in [0.1, 0.15) is 24.4 Å². The van der Waals surface area contributed by atoms with E-state index in [0.29, 0.717) is 13.2 Å². The fourth-order valence-corrected chi connectivity index (χ4v) is 7.10. The lowest BCUT2D eigenvalue weighted by Gasteiger charge is -2.46. The normalized spacial score (nSPS) is 21.9. The number of amides is 1. The lowest BCUT2D eigenvalue weighted by Crippen LogP contribution is -2.68. The van der Waals surface area contributed by atoms with Gasteiger partial charge in [0.15, 0.2) is 0 Å². The molecule has 0 aliphatic carbocycles. The van der Waals surface area contributed by atoms with E-state index in [2.05, 4.69) is 19.2 Å². The molecule has 1 fully saturated rings. The van der Waals surface area contributed by atoms with Gasteiger partial charge in [-0.3, -0.25) is 4.79 Å². The van der Waals surface area contributed by atoms with E-state index in [-0.39, 0.29) is 13.2 Å². The summed E-state index contributed by atoms with van der Waals surface area (Å²) in [7, 11) is 0. The Morgan fingerprint density at radius 1 is 0.722 bits per heavy atom. The number of aliphatic hydroxyl groups is 4. The van der Waals surface area contributed by atoms with Gasteiger partial charge in [0.2, 0.25) is 5.91 Å². The molecule has 0 aromatic carbocycles. The largest absolute Gasteiger partial charge is 0.477 e. The van der Waals surface area contributed by atoms with E-state index >= 15 is 0 Å². The number of nitrogens with one attached hydrogen (secondary N) is 1. The van der Waals surface area contributed by atoms with E-state index in [0.717, 1.165) is 32.1 Å². The Hall–Kier alpha value is -1.38. The fraction of sp³-hybridized carbons (Fsp3) is 0.952. The van der Waals surface area contributed by atoms with Gasteiger partial charge in [-0.15, -0.1) is 0 Å². The van der Waals surface area contributed by atoms with Gasteiger partial charge in [-0.25, -0.2) is 4.79 Å². The molecule has 1 amide bonds. The van der Waals surface area contributed by atoms with Crippen LogP contribution in [0, 0.1) is 0 Å². The number of rotatable bonds is 37. The summed E-state index contributed by atoms with van der Waals surface area (Å²) in [5.41, 5.74) is 0. The van der Waals surface area contributed by atoms with Crippen LogP contribution in [0.15, 0.2) is 0 Å². The van der Waals surface area contributed by atoms with Gasteiger partial charge in [-0.2, -0.15) is 0 Å². The van der Waals surface area contributed by atoms with Crippen molar-refractivity contribution in [1.82, 2.24) is 5.32 Å². The summed E-state index contributed by atoms with van der Waals surface area (Å²) < 4.78 is 23.8. The molecule has 1 saturated heterocycles. The van der Waals surface area contributed by atoms with E-state index in [4.69, 9.17) is 18.9 Å². The quantitative estimate of drug-likeness (QED) is 0.0359. The molecule has 1 rings (SSSR count). The number of aliphatic carboxylic acids is 1. The van der Waals surface area contributed by atoms with Crippen LogP contribution in [0.1, 0.15) is 181 Å². The number of aliphatic hydroxyl groups excluding tert-OH is 4. The Labute approximate surface area is 327 Å². The first-order chi connectivity index (χ1) is 26.1. The Morgan fingerprint density at radius 3 is 1.59 bits per heavy atom. The number of carbonyl (C=O) groups is 2. The maximum absolute atomic E-state index is 12.6. The van der Waals surface area contributed by atoms with E-state index < -0.39 is 67.3 Å². The second-order valence-electron chi connectivity index (χ2n) is 15.5. The van der Waals surface area contributed by atoms with E-state index in [1.807, 2.05) is 0 Å². The number of carboxylic acid groups (broad SMARTS) is 1. The van der Waals surface area contributed by atoms with Crippen LogP contribution in [0.4, 0.5) is 0 Å². The smallest absolute Gasteiger partial charge is 0.364 e. The van der Waals surface area contributed by atoms with Crippen molar-refractivity contribution in [2.24, 2.45) is 0 Å². The molecule has 0 saturated carbocycles. The molecule has 0 aromatic rings. The number of hydrogen-bond acceptors (Lipinski definition) is 10. The first-order valence-electron chi connectivity index (χ1n) is 21.8. The van der Waals surface area contributed by atoms with Crippen LogP contribution in [-0.2, 0) is 28.5 Å². The zero-order chi connectivity index (χ0) is 39.9. The molecule has 54 heavy (non-hydrogen) atoms. The first-order valence-corrected chi connectivity index (χ1v) is 21.8. The van der Waals surface area contributed by atoms with Crippen molar-refractivity contribution in [3.63, 3.8) is 0 Å². The molecule has 0 aromatic heterocycles. The molecular formula is C42H81NO11. The highest BCUT2D eigenvalue weighted by Crippen LogP contribution is 2.34. The van der Waals surface area contributed by atoms with Crippen molar-refractivity contribution in [1.29, 1.82) is 0 Å². The van der Waals surface area contributed by atoms with Crippen molar-refractivity contribution in [3.05, 3.63) is 0 Å². The Morgan fingerprint density at radius 2 is 1.17 bits per heavy atom. The molecule has 0 bridgehead atoms. The monoisotopic (exact) mass is 776 g/mol. The van der Waals surface area contributed by atoms with Crippen LogP contribution in [0.25, 0.3) is 0 Å². The van der Waals surface area contributed by atoms with Gasteiger partial charge in [-0.1, -0.05) is 155 Å². The number of carbonyl (C=O) groups excluding carboxylic acids is 1. The molecule has 2 unspecified atom stereocenters. The van der Waals surface area contributed by atoms with Gasteiger partial charge in [-0.05, 0) is 12.8 Å². The summed E-state index contributed by atoms with van der Waals surface area (Å²) in [6.45, 7) is 5.77. The average Bonchev–Trinajstić information content (AvgIpc) is 3.15. The zero-order valence-corrected chi connectivity index (χ0v) is 34.4. The molecule has 0 radical (unpaired) electrons. The molecule has 12 nitrogen and oxygen atoms in total. The second kappa shape index (κ2) is 32.7. The summed E-state index contributed by atoms with van der Waals surface area (Å²) in [6, 6.07) is -1.26. The minimum atomic E-state index is -2.41. The van der Waals surface area contributed by atoms with E-state index in [1.165, 1.54) is 129 Å². The standard InChI is InChI=1S/C42H81NO11/c1-4-6-8-10-12-14-16-18-20-22-24-26-28-51-32-35(52-29-27-25-23-21-19-17-15-13-11-9-7-5-2)33-53-42(41(49)50)30-36(46)38(43-34(3)45)40(54-42)39(48)37(47)31-44/h35-40,44,46-48H,4-33H2,1-3H3,(H,43,45)(H,49,50)/t35-,36+,37-,38?,39-,40?,42-/m1/s1. The van der Waals surface area contributed by atoms with Crippen molar-refractivity contribution < 1.29 is 54.1 Å². The van der Waals surface area contributed by atoms with E-state index in [1.54, 1.807) is 0 Å². The number of unbranched alkanes of at least 4 members (excludes halogenated alkanes) is 22. The second-order valence-corrected chi connectivity index (χ2v) is 15.5. The molecule has 6 N–H and O–H groups in total. The molecule has 12 heteroatoms. The van der Waals surface area contributed by atoms with Gasteiger partial charge in [0, 0.05) is 26.6 Å². The van der Waals surface area contributed by atoms with Gasteiger partial charge in [0.05, 0.1) is 32.0 Å². The Kier molecular flexibility index (Phi) is 30.6. The van der Waals surface area contributed by atoms with Crippen LogP contribution in [-0.4, -0.2) is 113 Å². The van der Waals surface area contributed by atoms with Gasteiger partial charge < -0.3 is 49.8 Å². The minimum absolute atomic E-state index is 0.179. The first kappa shape index (κ1) is 50.6. The average molecular weight is 776 g/mol. The lowest BCUT2D eigenvalue weighted by atomic mass is 9.88. The van der Waals surface area contributed by atoms with E-state index in [9.17, 15) is 35.1 Å². The van der Waals surface area contributed by atoms with Crippen molar-refractivity contribution >= 4 is 11.9 Å². The van der Waals surface area contributed by atoms with Crippen LogP contribution in [0.3, 0.4) is 0 Å². The summed E-state index contributed by atoms with van der Waals surface area (Å²) in [6.07, 6.45) is 21.7. The molecular weight excluding hydrogens is 694 g/mol. The third kappa shape index (κ3) is 23.0. The van der Waals surface area contributed by atoms with Crippen LogP contribution >= 0.6 is 0 Å². The number of hydrogen-bond donors (Lipinski definition) is 6. The van der Waals surface area contributed by atoms with Crippen molar-refractivity contribution in [2.75, 3.05) is 33.0 Å². The highest BCUT2D eigenvalue weighted by Gasteiger charge is 2.56. The maximum Gasteiger partial charge on any atom is 0.364 e. The zero-order valence-electron chi connectivity index (χ0n) is 34.4. The third-order valence-corrected chi connectivity index (χ3v) is 10.5. The Bertz CT molecular complexity index is 911. The van der Waals surface area contributed by atoms with Crippen molar-refractivity contribution in [2.45, 2.75) is 224 Å². The van der Waals surface area contributed by atoms with Crippen LogP contribution < -0.4 is 5.32 Å². The molecule has 320 valence electrons. The van der Waals surface area contributed by atoms with Crippen LogP contribution in [0.5, 0.6) is 0 Å². The highest BCUT2D eigenvalue weighted by atomic mass is 16.7. The SMILES string of the molecule is CCCCCCCCCCCCCCOC[C@H](CO[C@]1(C(=O)O)C[C@H](O)C(NC(C)=O)C([C@H](O)[C@H](O)CO)O1)OCCCCCCCCCCCCCC. The predicted molar refractivity (Wildman–Crippen MR) is 211 cm³/mol. The molecule has 0 spiro atoms. The Balaban J connectivity index is 2.67. The summed E-state index contributed by atoms with van der Waals surface area (Å²) in [4.78, 5) is 24.5. The number of ether oxygens (including phenoxy) is 4. The molecule has 7 atom stereocenters. The summed E-state index contributed by atoms with van der Waals surface area (Å²) in [5, 5.41) is 54.0. The maximum atomic E-state index is 12.6. The highest BCUT2D eigenvalue weighted by molar-refractivity contribution is 5.76. The lowest BCUT2D eigenvalue weighted by molar-refractivity contribution is -0.316. The topological polar surface area (TPSA) is 184 Å². The van der Waals surface area contributed by atoms with Gasteiger partial charge >= 0.3 is 5.97 Å². The molecule has 1 heterocycles. The fourth-order valence-electron chi connectivity index (χ4n) is 7.10. The van der Waals surface area contributed by atoms with Crippen molar-refractivity contribution in [3.8, 4) is 0 Å². The predicted octanol–water partition coefficient (Wildman–Crippen LogP) is 6.96. The van der Waals surface area contributed by atoms with Gasteiger partial charge in [0.25, 0.3) is 5.79 Å². The molecule has 1 aliphatic heterocycles. The molecule has 1 aliphatic rings.